The molecule has 1 aromatic rings. The van der Waals surface area contributed by atoms with E-state index in [-0.39, 0.29) is 0 Å². The van der Waals surface area contributed by atoms with Gasteiger partial charge in [0.1, 0.15) is 5.75 Å². The number of phenolic OH excluding ortho intramolecular Hbond substituents is 1. The Bertz CT molecular complexity index is 475. The van der Waals surface area contributed by atoms with E-state index in [2.05, 4.69) is 52.6 Å². The van der Waals surface area contributed by atoms with Crippen LogP contribution in [0.2, 0.25) is 0 Å². The van der Waals surface area contributed by atoms with Crippen molar-refractivity contribution in [2.45, 2.75) is 30.0 Å². The van der Waals surface area contributed by atoms with Crippen LogP contribution in [0.1, 0.15) is 19.8 Å². The Hall–Kier alpha value is -0.240. The standard InChI is InChI=1S/C16H22INO2S/c1-2-3-4-5-16(18-8-10-20-11-9-18)21-15-12-13(17)6-7-14(15)19/h3-4,6-7,12,16,19H,2,5,8-11H2,1H3/b4-3-. The normalized spacial score (nSPS) is 18.2. The van der Waals surface area contributed by atoms with Gasteiger partial charge in [0.05, 0.1) is 23.5 Å². The molecule has 1 aromatic carbocycles. The molecule has 1 aliphatic rings. The first kappa shape index (κ1) is 17.1. The van der Waals surface area contributed by atoms with E-state index in [0.717, 1.165) is 47.6 Å². The molecule has 21 heavy (non-hydrogen) atoms. The second kappa shape index (κ2) is 9.02. The number of benzene rings is 1. The highest BCUT2D eigenvalue weighted by Crippen LogP contribution is 2.35. The minimum absolute atomic E-state index is 0.348. The van der Waals surface area contributed by atoms with Gasteiger partial charge in [-0.05, 0) is 53.6 Å². The number of hydrogen-bond donors (Lipinski definition) is 1. The molecule has 1 heterocycles. The molecule has 2 rings (SSSR count). The topological polar surface area (TPSA) is 32.7 Å². The number of hydrogen-bond acceptors (Lipinski definition) is 4. The van der Waals surface area contributed by atoms with E-state index in [0.29, 0.717) is 11.1 Å². The Labute approximate surface area is 144 Å². The van der Waals surface area contributed by atoms with Gasteiger partial charge < -0.3 is 9.84 Å². The van der Waals surface area contributed by atoms with E-state index in [1.807, 2.05) is 6.07 Å². The van der Waals surface area contributed by atoms with Crippen molar-refractivity contribution in [1.29, 1.82) is 0 Å². The lowest BCUT2D eigenvalue weighted by Gasteiger charge is -2.33. The number of morpholine rings is 1. The predicted molar refractivity (Wildman–Crippen MR) is 96.9 cm³/mol. The van der Waals surface area contributed by atoms with Crippen molar-refractivity contribution in [3.8, 4) is 5.75 Å². The molecule has 1 unspecified atom stereocenters. The summed E-state index contributed by atoms with van der Waals surface area (Å²) in [4.78, 5) is 3.41. The monoisotopic (exact) mass is 419 g/mol. The van der Waals surface area contributed by atoms with Gasteiger partial charge in [0.2, 0.25) is 0 Å². The number of nitrogens with zero attached hydrogens (tertiary/aromatic N) is 1. The van der Waals surface area contributed by atoms with Crippen LogP contribution in [-0.4, -0.2) is 41.7 Å². The number of allylic oxidation sites excluding steroid dienone is 1. The van der Waals surface area contributed by atoms with Crippen LogP contribution in [0.25, 0.3) is 0 Å². The third kappa shape index (κ3) is 5.47. The third-order valence-corrected chi connectivity index (χ3v) is 5.39. The molecule has 0 saturated carbocycles. The first-order valence-corrected chi connectivity index (χ1v) is 9.28. The van der Waals surface area contributed by atoms with Gasteiger partial charge in [-0.2, -0.15) is 0 Å². The maximum absolute atomic E-state index is 10.1. The highest BCUT2D eigenvalue weighted by Gasteiger charge is 2.22. The maximum Gasteiger partial charge on any atom is 0.129 e. The lowest BCUT2D eigenvalue weighted by atomic mass is 10.3. The van der Waals surface area contributed by atoms with Gasteiger partial charge in [0.25, 0.3) is 0 Å². The molecular formula is C16H22INO2S. The molecule has 1 N–H and O–H groups in total. The molecule has 1 fully saturated rings. The highest BCUT2D eigenvalue weighted by atomic mass is 127. The third-order valence-electron chi connectivity index (χ3n) is 3.38. The molecule has 0 bridgehead atoms. The van der Waals surface area contributed by atoms with Crippen molar-refractivity contribution in [2.24, 2.45) is 0 Å². The smallest absolute Gasteiger partial charge is 0.129 e. The van der Waals surface area contributed by atoms with Crippen molar-refractivity contribution < 1.29 is 9.84 Å². The van der Waals surface area contributed by atoms with E-state index in [4.69, 9.17) is 4.74 Å². The molecule has 0 aromatic heterocycles. The molecule has 5 heteroatoms. The molecule has 116 valence electrons. The average molecular weight is 419 g/mol. The van der Waals surface area contributed by atoms with Crippen LogP contribution in [0.3, 0.4) is 0 Å². The Balaban J connectivity index is 2.09. The van der Waals surface area contributed by atoms with Crippen LogP contribution in [-0.2, 0) is 4.74 Å². The summed E-state index contributed by atoms with van der Waals surface area (Å²) in [5.74, 6) is 0.373. The van der Waals surface area contributed by atoms with Crippen molar-refractivity contribution in [1.82, 2.24) is 4.90 Å². The van der Waals surface area contributed by atoms with Crippen LogP contribution in [0, 0.1) is 3.57 Å². The van der Waals surface area contributed by atoms with Crippen molar-refractivity contribution in [3.05, 3.63) is 33.9 Å². The quantitative estimate of drug-likeness (QED) is 0.428. The predicted octanol–water partition coefficient (Wildman–Crippen LogP) is 4.10. The van der Waals surface area contributed by atoms with Crippen LogP contribution in [0.15, 0.2) is 35.2 Å². The summed E-state index contributed by atoms with van der Waals surface area (Å²) in [6, 6.07) is 5.76. The van der Waals surface area contributed by atoms with Crippen LogP contribution in [0.5, 0.6) is 5.75 Å². The lowest BCUT2D eigenvalue weighted by molar-refractivity contribution is 0.0330. The van der Waals surface area contributed by atoms with Crippen molar-refractivity contribution >= 4 is 34.4 Å². The summed E-state index contributed by atoms with van der Waals surface area (Å²) < 4.78 is 6.60. The molecule has 0 aliphatic carbocycles. The number of aromatic hydroxyl groups is 1. The van der Waals surface area contributed by atoms with Gasteiger partial charge in [0, 0.05) is 16.7 Å². The number of rotatable bonds is 6. The van der Waals surface area contributed by atoms with Crippen molar-refractivity contribution in [3.63, 3.8) is 0 Å². The fraction of sp³-hybridized carbons (Fsp3) is 0.500. The number of phenols is 1. The Morgan fingerprint density at radius 1 is 1.38 bits per heavy atom. The van der Waals surface area contributed by atoms with Crippen molar-refractivity contribution in [2.75, 3.05) is 26.3 Å². The lowest BCUT2D eigenvalue weighted by Crippen LogP contribution is -2.41. The zero-order chi connectivity index (χ0) is 15.1. The van der Waals surface area contributed by atoms with Gasteiger partial charge in [-0.1, -0.05) is 19.1 Å². The molecule has 3 nitrogen and oxygen atoms in total. The first-order chi connectivity index (χ1) is 10.2. The Morgan fingerprint density at radius 3 is 2.86 bits per heavy atom. The first-order valence-electron chi connectivity index (χ1n) is 7.32. The van der Waals surface area contributed by atoms with Gasteiger partial charge in [-0.25, -0.2) is 0 Å². The van der Waals surface area contributed by atoms with E-state index in [9.17, 15) is 5.11 Å². The molecule has 1 atom stereocenters. The summed E-state index contributed by atoms with van der Waals surface area (Å²) in [6.45, 7) is 5.67. The SMILES string of the molecule is CC/C=C\CC(Sc1cc(I)ccc1O)N1CCOCC1. The maximum atomic E-state index is 10.1. The average Bonchev–Trinajstić information content (AvgIpc) is 2.51. The van der Waals surface area contributed by atoms with Crippen LogP contribution in [0.4, 0.5) is 0 Å². The Morgan fingerprint density at radius 2 is 2.14 bits per heavy atom. The van der Waals surface area contributed by atoms with E-state index < -0.39 is 0 Å². The highest BCUT2D eigenvalue weighted by molar-refractivity contribution is 14.1. The number of halogens is 1. The number of ether oxygens (including phenoxy) is 1. The molecule has 0 radical (unpaired) electrons. The Kier molecular flexibility index (Phi) is 7.36. The van der Waals surface area contributed by atoms with E-state index >= 15 is 0 Å². The van der Waals surface area contributed by atoms with Gasteiger partial charge in [-0.15, -0.1) is 11.8 Å². The minimum Gasteiger partial charge on any atom is -0.507 e. The van der Waals surface area contributed by atoms with Gasteiger partial charge in [0.15, 0.2) is 0 Å². The van der Waals surface area contributed by atoms with E-state index in [1.165, 1.54) is 0 Å². The summed E-state index contributed by atoms with van der Waals surface area (Å²) in [5.41, 5.74) is 0. The molecule has 1 aliphatic heterocycles. The number of thioether (sulfide) groups is 1. The second-order valence-electron chi connectivity index (χ2n) is 4.95. The second-order valence-corrected chi connectivity index (χ2v) is 7.41. The minimum atomic E-state index is 0.348. The summed E-state index contributed by atoms with van der Waals surface area (Å²) >= 11 is 4.04. The zero-order valence-electron chi connectivity index (χ0n) is 12.3. The van der Waals surface area contributed by atoms with Crippen LogP contribution >= 0.6 is 34.4 Å². The summed E-state index contributed by atoms with van der Waals surface area (Å²) in [6.07, 6.45) is 6.51. The molecule has 0 amide bonds. The van der Waals surface area contributed by atoms with Gasteiger partial charge in [-0.3, -0.25) is 4.90 Å². The largest absolute Gasteiger partial charge is 0.507 e. The summed E-state index contributed by atoms with van der Waals surface area (Å²) in [5, 5.41) is 10.4. The molecular weight excluding hydrogens is 397 g/mol. The van der Waals surface area contributed by atoms with Gasteiger partial charge >= 0.3 is 0 Å². The summed E-state index contributed by atoms with van der Waals surface area (Å²) in [7, 11) is 0. The van der Waals surface area contributed by atoms with Crippen LogP contribution < -0.4 is 0 Å². The fourth-order valence-corrected chi connectivity index (χ4v) is 4.19. The van der Waals surface area contributed by atoms with E-state index in [1.54, 1.807) is 17.8 Å². The fourth-order valence-electron chi connectivity index (χ4n) is 2.25. The molecule has 1 saturated heterocycles. The molecule has 0 spiro atoms. The zero-order valence-corrected chi connectivity index (χ0v) is 15.3.